The standard InChI is InChI=1S/C15H18N2O2/c1-2-3-7-16-15(19)10-17-8-6-13-5-4-12(11-18)9-14(13)17/h4-6,8-9,11H,2-3,7,10H2,1H3,(H,16,19). The molecule has 0 aliphatic rings. The first-order valence-corrected chi connectivity index (χ1v) is 6.55. The van der Waals surface area contributed by atoms with Gasteiger partial charge in [-0.2, -0.15) is 0 Å². The van der Waals surface area contributed by atoms with Crippen molar-refractivity contribution < 1.29 is 9.59 Å². The van der Waals surface area contributed by atoms with E-state index < -0.39 is 0 Å². The van der Waals surface area contributed by atoms with Crippen molar-refractivity contribution in [2.75, 3.05) is 6.54 Å². The number of nitrogens with zero attached hydrogens (tertiary/aromatic N) is 1. The average Bonchev–Trinajstić information content (AvgIpc) is 2.81. The number of carbonyl (C=O) groups is 2. The van der Waals surface area contributed by atoms with Gasteiger partial charge in [-0.15, -0.1) is 0 Å². The minimum Gasteiger partial charge on any atom is -0.355 e. The predicted molar refractivity (Wildman–Crippen MR) is 75.2 cm³/mol. The molecule has 0 unspecified atom stereocenters. The molecule has 0 fully saturated rings. The first kappa shape index (κ1) is 13.3. The van der Waals surface area contributed by atoms with Crippen molar-refractivity contribution in [1.29, 1.82) is 0 Å². The van der Waals surface area contributed by atoms with Gasteiger partial charge in [-0.3, -0.25) is 9.59 Å². The number of fused-ring (bicyclic) bond motifs is 1. The molecule has 4 nitrogen and oxygen atoms in total. The molecule has 1 N–H and O–H groups in total. The van der Waals surface area contributed by atoms with E-state index in [4.69, 9.17) is 0 Å². The second kappa shape index (κ2) is 6.18. The maximum Gasteiger partial charge on any atom is 0.239 e. The van der Waals surface area contributed by atoms with E-state index in [1.165, 1.54) is 0 Å². The monoisotopic (exact) mass is 258 g/mol. The SMILES string of the molecule is CCCCNC(=O)Cn1ccc2ccc(C=O)cc21. The van der Waals surface area contributed by atoms with Crippen molar-refractivity contribution in [3.05, 3.63) is 36.0 Å². The summed E-state index contributed by atoms with van der Waals surface area (Å²) in [4.78, 5) is 22.6. The van der Waals surface area contributed by atoms with Gasteiger partial charge in [-0.05, 0) is 23.9 Å². The fraction of sp³-hybridized carbons (Fsp3) is 0.333. The Balaban J connectivity index is 2.11. The molecule has 0 saturated heterocycles. The number of hydrogen-bond donors (Lipinski definition) is 1. The highest BCUT2D eigenvalue weighted by atomic mass is 16.1. The number of aldehydes is 1. The van der Waals surface area contributed by atoms with Gasteiger partial charge in [0.1, 0.15) is 12.8 Å². The Morgan fingerprint density at radius 2 is 2.21 bits per heavy atom. The van der Waals surface area contributed by atoms with E-state index >= 15 is 0 Å². The van der Waals surface area contributed by atoms with Crippen molar-refractivity contribution in [2.45, 2.75) is 26.3 Å². The van der Waals surface area contributed by atoms with E-state index in [9.17, 15) is 9.59 Å². The van der Waals surface area contributed by atoms with Crippen molar-refractivity contribution in [3.8, 4) is 0 Å². The van der Waals surface area contributed by atoms with E-state index in [2.05, 4.69) is 12.2 Å². The lowest BCUT2D eigenvalue weighted by Gasteiger charge is -2.07. The molecule has 0 aliphatic carbocycles. The van der Waals surface area contributed by atoms with Crippen LogP contribution in [0.2, 0.25) is 0 Å². The van der Waals surface area contributed by atoms with Gasteiger partial charge in [0.15, 0.2) is 0 Å². The molecule has 4 heteroatoms. The summed E-state index contributed by atoms with van der Waals surface area (Å²) in [5.74, 6) is 0.00227. The Labute approximate surface area is 112 Å². The van der Waals surface area contributed by atoms with Gasteiger partial charge in [-0.25, -0.2) is 0 Å². The molecule has 0 spiro atoms. The minimum atomic E-state index is 0.00227. The first-order valence-electron chi connectivity index (χ1n) is 6.55. The molecule has 0 radical (unpaired) electrons. The number of nitrogens with one attached hydrogen (secondary N) is 1. The molecule has 0 aliphatic heterocycles. The zero-order chi connectivity index (χ0) is 13.7. The molecule has 1 aromatic heterocycles. The number of benzene rings is 1. The number of hydrogen-bond acceptors (Lipinski definition) is 2. The summed E-state index contributed by atoms with van der Waals surface area (Å²) in [5.41, 5.74) is 1.54. The van der Waals surface area contributed by atoms with E-state index in [0.717, 1.165) is 30.0 Å². The van der Waals surface area contributed by atoms with Crippen LogP contribution in [0.5, 0.6) is 0 Å². The Hall–Kier alpha value is -2.10. The summed E-state index contributed by atoms with van der Waals surface area (Å²) < 4.78 is 1.86. The van der Waals surface area contributed by atoms with Crippen LogP contribution in [0.3, 0.4) is 0 Å². The highest BCUT2D eigenvalue weighted by molar-refractivity contribution is 5.88. The zero-order valence-electron chi connectivity index (χ0n) is 11.1. The summed E-state index contributed by atoms with van der Waals surface area (Å²) in [7, 11) is 0. The van der Waals surface area contributed by atoms with E-state index in [0.29, 0.717) is 12.1 Å². The molecule has 0 atom stereocenters. The minimum absolute atomic E-state index is 0.00227. The number of carbonyl (C=O) groups excluding carboxylic acids is 2. The van der Waals surface area contributed by atoms with E-state index in [-0.39, 0.29) is 12.5 Å². The average molecular weight is 258 g/mol. The molecular formula is C15H18N2O2. The molecular weight excluding hydrogens is 240 g/mol. The summed E-state index contributed by atoms with van der Waals surface area (Å²) in [5, 5.41) is 3.92. The van der Waals surface area contributed by atoms with Crippen LogP contribution < -0.4 is 5.32 Å². The lowest BCUT2D eigenvalue weighted by Crippen LogP contribution is -2.28. The lowest BCUT2D eigenvalue weighted by molar-refractivity contribution is -0.121. The van der Waals surface area contributed by atoms with Crippen LogP contribution >= 0.6 is 0 Å². The fourth-order valence-electron chi connectivity index (χ4n) is 2.03. The predicted octanol–water partition coefficient (Wildman–Crippen LogP) is 2.37. The van der Waals surface area contributed by atoms with Crippen LogP contribution in [0.1, 0.15) is 30.1 Å². The maximum atomic E-state index is 11.8. The number of rotatable bonds is 6. The van der Waals surface area contributed by atoms with E-state index in [1.54, 1.807) is 6.07 Å². The van der Waals surface area contributed by atoms with Gasteiger partial charge >= 0.3 is 0 Å². The third-order valence-corrected chi connectivity index (χ3v) is 3.10. The van der Waals surface area contributed by atoms with Crippen LogP contribution in [0.15, 0.2) is 30.5 Å². The lowest BCUT2D eigenvalue weighted by atomic mass is 10.2. The molecule has 19 heavy (non-hydrogen) atoms. The van der Waals surface area contributed by atoms with Gasteiger partial charge in [0.2, 0.25) is 5.91 Å². The summed E-state index contributed by atoms with van der Waals surface area (Å²) in [6.07, 6.45) is 4.75. The smallest absolute Gasteiger partial charge is 0.239 e. The molecule has 2 aromatic rings. The molecule has 0 bridgehead atoms. The number of unbranched alkanes of at least 4 members (excludes halogenated alkanes) is 1. The van der Waals surface area contributed by atoms with Gasteiger partial charge in [0.25, 0.3) is 0 Å². The second-order valence-electron chi connectivity index (χ2n) is 4.58. The van der Waals surface area contributed by atoms with Crippen LogP contribution in [0.4, 0.5) is 0 Å². The highest BCUT2D eigenvalue weighted by Crippen LogP contribution is 2.16. The van der Waals surface area contributed by atoms with Gasteiger partial charge in [0.05, 0.1) is 0 Å². The van der Waals surface area contributed by atoms with Gasteiger partial charge in [0, 0.05) is 23.8 Å². The van der Waals surface area contributed by atoms with Gasteiger partial charge < -0.3 is 9.88 Å². The zero-order valence-corrected chi connectivity index (χ0v) is 11.1. The molecule has 2 rings (SSSR count). The van der Waals surface area contributed by atoms with Crippen LogP contribution in [0.25, 0.3) is 10.9 Å². The Kier molecular flexibility index (Phi) is 4.34. The summed E-state index contributed by atoms with van der Waals surface area (Å²) in [6, 6.07) is 7.43. The molecule has 1 aromatic carbocycles. The normalized spacial score (nSPS) is 10.6. The first-order chi connectivity index (χ1) is 9.24. The quantitative estimate of drug-likeness (QED) is 0.639. The van der Waals surface area contributed by atoms with Crippen molar-refractivity contribution in [3.63, 3.8) is 0 Å². The second-order valence-corrected chi connectivity index (χ2v) is 4.58. The highest BCUT2D eigenvalue weighted by Gasteiger charge is 2.06. The third kappa shape index (κ3) is 3.22. The summed E-state index contributed by atoms with van der Waals surface area (Å²) >= 11 is 0. The summed E-state index contributed by atoms with van der Waals surface area (Å²) in [6.45, 7) is 3.09. The molecule has 1 amide bonds. The maximum absolute atomic E-state index is 11.8. The van der Waals surface area contributed by atoms with Crippen LogP contribution in [-0.4, -0.2) is 23.3 Å². The number of amides is 1. The third-order valence-electron chi connectivity index (χ3n) is 3.10. The molecule has 100 valence electrons. The van der Waals surface area contributed by atoms with Crippen molar-refractivity contribution >= 4 is 23.1 Å². The van der Waals surface area contributed by atoms with Gasteiger partial charge in [-0.1, -0.05) is 25.5 Å². The Bertz CT molecular complexity index is 587. The number of aromatic nitrogens is 1. The van der Waals surface area contributed by atoms with Crippen molar-refractivity contribution in [2.24, 2.45) is 0 Å². The Morgan fingerprint density at radius 3 is 2.95 bits per heavy atom. The van der Waals surface area contributed by atoms with E-state index in [1.807, 2.05) is 29.0 Å². The fourth-order valence-corrected chi connectivity index (χ4v) is 2.03. The van der Waals surface area contributed by atoms with Crippen LogP contribution in [0, 0.1) is 0 Å². The molecule has 1 heterocycles. The van der Waals surface area contributed by atoms with Crippen LogP contribution in [-0.2, 0) is 11.3 Å². The molecule has 0 saturated carbocycles. The topological polar surface area (TPSA) is 51.1 Å². The van der Waals surface area contributed by atoms with Crippen molar-refractivity contribution in [1.82, 2.24) is 9.88 Å². The largest absolute Gasteiger partial charge is 0.355 e. The Morgan fingerprint density at radius 1 is 1.37 bits per heavy atom.